The molecule has 1 saturated heterocycles. The van der Waals surface area contributed by atoms with E-state index in [1.807, 2.05) is 0 Å². The molecule has 1 heterocycles. The molecule has 1 aliphatic rings. The highest BCUT2D eigenvalue weighted by Crippen LogP contribution is 2.22. The molecule has 1 aliphatic heterocycles. The van der Waals surface area contributed by atoms with Crippen molar-refractivity contribution in [3.8, 4) is 0 Å². The predicted molar refractivity (Wildman–Crippen MR) is 63.5 cm³/mol. The third-order valence-electron chi connectivity index (χ3n) is 2.56. The molecular formula is C11H13NO4S. The van der Waals surface area contributed by atoms with E-state index in [1.54, 1.807) is 30.5 Å². The van der Waals surface area contributed by atoms with Crippen LogP contribution in [0.25, 0.3) is 0 Å². The second-order valence-corrected chi connectivity index (χ2v) is 5.13. The lowest BCUT2D eigenvalue weighted by atomic mass is 10.3. The minimum Gasteiger partial charge on any atom is -0.441 e. The van der Waals surface area contributed by atoms with E-state index in [-0.39, 0.29) is 6.61 Å². The maximum absolute atomic E-state index is 11.5. The Balaban J connectivity index is 2.18. The zero-order chi connectivity index (χ0) is 12.4. The van der Waals surface area contributed by atoms with E-state index in [9.17, 15) is 9.00 Å². The molecule has 1 fully saturated rings. The summed E-state index contributed by atoms with van der Waals surface area (Å²) in [4.78, 5) is 13.7. The number of hydrogen-bond acceptors (Lipinski definition) is 4. The summed E-state index contributed by atoms with van der Waals surface area (Å²) in [5.74, 6) is 0. The van der Waals surface area contributed by atoms with E-state index in [2.05, 4.69) is 0 Å². The summed E-state index contributed by atoms with van der Waals surface area (Å²) in [7, 11) is -1.03. The Hall–Kier alpha value is -1.40. The van der Waals surface area contributed by atoms with Gasteiger partial charge in [-0.15, -0.1) is 0 Å². The SMILES string of the molecule is CS(=O)c1ccc(N2C[C@H](CO)OC2=O)cc1. The van der Waals surface area contributed by atoms with E-state index in [0.717, 1.165) is 0 Å². The number of anilines is 1. The van der Waals surface area contributed by atoms with Crippen LogP contribution in [0.4, 0.5) is 10.5 Å². The normalized spacial score (nSPS) is 21.4. The molecule has 1 aromatic rings. The number of amides is 1. The first kappa shape index (κ1) is 12.1. The van der Waals surface area contributed by atoms with Gasteiger partial charge < -0.3 is 9.84 Å². The lowest BCUT2D eigenvalue weighted by Crippen LogP contribution is -2.25. The van der Waals surface area contributed by atoms with E-state index >= 15 is 0 Å². The Labute approximate surface area is 101 Å². The number of rotatable bonds is 3. The molecule has 0 spiro atoms. The van der Waals surface area contributed by atoms with Gasteiger partial charge in [0.1, 0.15) is 6.10 Å². The highest BCUT2D eigenvalue weighted by molar-refractivity contribution is 7.84. The standard InChI is InChI=1S/C11H13NO4S/c1-17(15)10-4-2-8(3-5-10)12-6-9(7-13)16-11(12)14/h2-5,9,13H,6-7H2,1H3/t9-,17?/m1/s1. The van der Waals surface area contributed by atoms with Gasteiger partial charge >= 0.3 is 6.09 Å². The molecule has 1 N–H and O–H groups in total. The Bertz CT molecular complexity index is 445. The summed E-state index contributed by atoms with van der Waals surface area (Å²) < 4.78 is 16.1. The summed E-state index contributed by atoms with van der Waals surface area (Å²) >= 11 is 0. The van der Waals surface area contributed by atoms with Gasteiger partial charge in [-0.3, -0.25) is 9.11 Å². The van der Waals surface area contributed by atoms with Gasteiger partial charge in [0.2, 0.25) is 0 Å². The van der Waals surface area contributed by atoms with E-state index in [0.29, 0.717) is 17.1 Å². The number of carbonyl (C=O) groups excluding carboxylic acids is 1. The Kier molecular flexibility index (Phi) is 3.44. The van der Waals surface area contributed by atoms with E-state index < -0.39 is 23.0 Å². The van der Waals surface area contributed by atoms with Gasteiger partial charge in [-0.1, -0.05) is 0 Å². The lowest BCUT2D eigenvalue weighted by molar-refractivity contribution is 0.0963. The summed E-state index contributed by atoms with van der Waals surface area (Å²) in [6, 6.07) is 6.87. The lowest BCUT2D eigenvalue weighted by Gasteiger charge is -2.12. The van der Waals surface area contributed by atoms with Gasteiger partial charge in [-0.05, 0) is 24.3 Å². The topological polar surface area (TPSA) is 66.8 Å². The molecule has 2 atom stereocenters. The summed E-state index contributed by atoms with van der Waals surface area (Å²) in [6.07, 6.45) is 0.665. The highest BCUT2D eigenvalue weighted by atomic mass is 32.2. The fourth-order valence-electron chi connectivity index (χ4n) is 1.65. The van der Waals surface area contributed by atoms with Crippen molar-refractivity contribution in [2.24, 2.45) is 0 Å². The molecule has 2 rings (SSSR count). The van der Waals surface area contributed by atoms with Crippen LogP contribution >= 0.6 is 0 Å². The van der Waals surface area contributed by atoms with Crippen LogP contribution in [0.5, 0.6) is 0 Å². The largest absolute Gasteiger partial charge is 0.441 e. The third-order valence-corrected chi connectivity index (χ3v) is 3.49. The number of benzene rings is 1. The molecule has 1 amide bonds. The fraction of sp³-hybridized carbons (Fsp3) is 0.364. The summed E-state index contributed by atoms with van der Waals surface area (Å²) in [5, 5.41) is 8.92. The minimum atomic E-state index is -1.03. The number of aliphatic hydroxyl groups is 1. The Morgan fingerprint density at radius 1 is 1.47 bits per heavy atom. The monoisotopic (exact) mass is 255 g/mol. The van der Waals surface area contributed by atoms with Gasteiger partial charge in [0.15, 0.2) is 0 Å². The fourth-order valence-corrected chi connectivity index (χ4v) is 2.16. The van der Waals surface area contributed by atoms with Crippen molar-refractivity contribution in [2.45, 2.75) is 11.0 Å². The van der Waals surface area contributed by atoms with Gasteiger partial charge in [0, 0.05) is 27.6 Å². The van der Waals surface area contributed by atoms with Crippen molar-refractivity contribution >= 4 is 22.6 Å². The van der Waals surface area contributed by atoms with Crippen LogP contribution in [0.3, 0.4) is 0 Å². The van der Waals surface area contributed by atoms with Crippen molar-refractivity contribution in [1.29, 1.82) is 0 Å². The minimum absolute atomic E-state index is 0.181. The molecule has 6 heteroatoms. The van der Waals surface area contributed by atoms with Gasteiger partial charge in [0.05, 0.1) is 13.2 Å². The average Bonchev–Trinajstić information content (AvgIpc) is 2.71. The first-order valence-electron chi connectivity index (χ1n) is 5.14. The molecule has 0 radical (unpaired) electrons. The van der Waals surface area contributed by atoms with Crippen LogP contribution < -0.4 is 4.90 Å². The Morgan fingerprint density at radius 3 is 2.59 bits per heavy atom. The molecule has 0 aliphatic carbocycles. The summed E-state index contributed by atoms with van der Waals surface area (Å²) in [6.45, 7) is 0.156. The molecule has 0 bridgehead atoms. The number of ether oxygens (including phenoxy) is 1. The van der Waals surface area contributed by atoms with Crippen molar-refractivity contribution in [3.63, 3.8) is 0 Å². The maximum Gasteiger partial charge on any atom is 0.414 e. The van der Waals surface area contributed by atoms with Crippen molar-refractivity contribution in [2.75, 3.05) is 24.3 Å². The van der Waals surface area contributed by atoms with Gasteiger partial charge in [-0.2, -0.15) is 0 Å². The van der Waals surface area contributed by atoms with Crippen LogP contribution in [-0.4, -0.2) is 40.9 Å². The summed E-state index contributed by atoms with van der Waals surface area (Å²) in [5.41, 5.74) is 0.681. The quantitative estimate of drug-likeness (QED) is 0.865. The number of nitrogens with zero attached hydrogens (tertiary/aromatic N) is 1. The van der Waals surface area contributed by atoms with Gasteiger partial charge in [0.25, 0.3) is 0 Å². The van der Waals surface area contributed by atoms with Crippen LogP contribution in [0.1, 0.15) is 0 Å². The molecule has 92 valence electrons. The number of carbonyl (C=O) groups is 1. The van der Waals surface area contributed by atoms with E-state index in [4.69, 9.17) is 9.84 Å². The molecule has 17 heavy (non-hydrogen) atoms. The first-order valence-corrected chi connectivity index (χ1v) is 6.70. The zero-order valence-electron chi connectivity index (χ0n) is 9.33. The second-order valence-electron chi connectivity index (χ2n) is 3.75. The number of cyclic esters (lactones) is 1. The van der Waals surface area contributed by atoms with Crippen molar-refractivity contribution in [1.82, 2.24) is 0 Å². The predicted octanol–water partition coefficient (Wildman–Crippen LogP) is 0.742. The molecule has 1 aromatic carbocycles. The molecule has 5 nitrogen and oxygen atoms in total. The molecule has 0 saturated carbocycles. The van der Waals surface area contributed by atoms with Crippen LogP contribution in [0, 0.1) is 0 Å². The third kappa shape index (κ3) is 2.48. The zero-order valence-corrected chi connectivity index (χ0v) is 10.1. The molecular weight excluding hydrogens is 242 g/mol. The van der Waals surface area contributed by atoms with Crippen LogP contribution in [0.15, 0.2) is 29.2 Å². The first-order chi connectivity index (χ1) is 8.11. The Morgan fingerprint density at radius 2 is 2.12 bits per heavy atom. The number of aliphatic hydroxyl groups excluding tert-OH is 1. The van der Waals surface area contributed by atoms with Crippen molar-refractivity contribution in [3.05, 3.63) is 24.3 Å². The van der Waals surface area contributed by atoms with E-state index in [1.165, 1.54) is 4.90 Å². The van der Waals surface area contributed by atoms with Crippen LogP contribution in [-0.2, 0) is 15.5 Å². The van der Waals surface area contributed by atoms with Gasteiger partial charge in [-0.25, -0.2) is 4.79 Å². The van der Waals surface area contributed by atoms with Crippen molar-refractivity contribution < 1.29 is 18.8 Å². The molecule has 0 aromatic heterocycles. The molecule has 1 unspecified atom stereocenters. The second kappa shape index (κ2) is 4.85. The highest BCUT2D eigenvalue weighted by Gasteiger charge is 2.31. The maximum atomic E-state index is 11.5. The number of hydrogen-bond donors (Lipinski definition) is 1. The smallest absolute Gasteiger partial charge is 0.414 e. The van der Waals surface area contributed by atoms with Crippen LogP contribution in [0.2, 0.25) is 0 Å². The average molecular weight is 255 g/mol.